The SMILES string of the molecule is COC(=O)C/C=C(\C)N. The van der Waals surface area contributed by atoms with Gasteiger partial charge in [-0.15, -0.1) is 0 Å². The van der Waals surface area contributed by atoms with Gasteiger partial charge >= 0.3 is 5.97 Å². The van der Waals surface area contributed by atoms with E-state index in [1.54, 1.807) is 13.0 Å². The average Bonchev–Trinajstić information content (AvgIpc) is 1.83. The molecule has 0 aromatic rings. The number of carbonyl (C=O) groups is 1. The Balaban J connectivity index is 3.50. The highest BCUT2D eigenvalue weighted by Gasteiger charge is 1.93. The van der Waals surface area contributed by atoms with Crippen LogP contribution < -0.4 is 5.73 Å². The Labute approximate surface area is 54.5 Å². The van der Waals surface area contributed by atoms with E-state index >= 15 is 0 Å². The van der Waals surface area contributed by atoms with Gasteiger partial charge in [0.05, 0.1) is 13.5 Å². The molecule has 9 heavy (non-hydrogen) atoms. The summed E-state index contributed by atoms with van der Waals surface area (Å²) < 4.78 is 4.36. The van der Waals surface area contributed by atoms with Crippen molar-refractivity contribution in [3.05, 3.63) is 11.8 Å². The lowest BCUT2D eigenvalue weighted by Crippen LogP contribution is -1.99. The molecule has 0 heterocycles. The van der Waals surface area contributed by atoms with E-state index in [2.05, 4.69) is 4.74 Å². The number of ether oxygens (including phenoxy) is 1. The largest absolute Gasteiger partial charge is 0.469 e. The first-order valence-corrected chi connectivity index (χ1v) is 2.66. The molecule has 0 fully saturated rings. The third-order valence-corrected chi connectivity index (χ3v) is 0.818. The lowest BCUT2D eigenvalue weighted by Gasteiger charge is -1.92. The van der Waals surface area contributed by atoms with Crippen molar-refractivity contribution < 1.29 is 9.53 Å². The number of carbonyl (C=O) groups excluding carboxylic acids is 1. The van der Waals surface area contributed by atoms with Gasteiger partial charge in [0.1, 0.15) is 0 Å². The quantitative estimate of drug-likeness (QED) is 0.549. The van der Waals surface area contributed by atoms with Crippen molar-refractivity contribution in [2.24, 2.45) is 5.73 Å². The van der Waals surface area contributed by atoms with Crippen LogP contribution in [0.5, 0.6) is 0 Å². The van der Waals surface area contributed by atoms with E-state index in [1.165, 1.54) is 7.11 Å². The van der Waals surface area contributed by atoms with Gasteiger partial charge in [0.2, 0.25) is 0 Å². The third kappa shape index (κ3) is 4.87. The number of nitrogens with two attached hydrogens (primary N) is 1. The van der Waals surface area contributed by atoms with Crippen molar-refractivity contribution in [3.8, 4) is 0 Å². The average molecular weight is 129 g/mol. The monoisotopic (exact) mass is 129 g/mol. The molecule has 0 rings (SSSR count). The standard InChI is InChI=1S/C6H11NO2/c1-5(7)3-4-6(8)9-2/h3H,4,7H2,1-2H3/b5-3+. The predicted octanol–water partition coefficient (Wildman–Crippen LogP) is 0.412. The topological polar surface area (TPSA) is 52.3 Å². The van der Waals surface area contributed by atoms with Gasteiger partial charge in [-0.1, -0.05) is 6.08 Å². The first kappa shape index (κ1) is 8.01. The van der Waals surface area contributed by atoms with Gasteiger partial charge in [-0.3, -0.25) is 4.79 Å². The maximum Gasteiger partial charge on any atom is 0.309 e. The summed E-state index contributed by atoms with van der Waals surface area (Å²) in [4.78, 5) is 10.4. The molecule has 0 radical (unpaired) electrons. The lowest BCUT2D eigenvalue weighted by molar-refractivity contribution is -0.139. The van der Waals surface area contributed by atoms with Crippen LogP contribution in [0, 0.1) is 0 Å². The summed E-state index contributed by atoms with van der Waals surface area (Å²) in [7, 11) is 1.35. The van der Waals surface area contributed by atoms with Crippen LogP contribution in [0.2, 0.25) is 0 Å². The maximum atomic E-state index is 10.4. The van der Waals surface area contributed by atoms with Crippen LogP contribution in [0.25, 0.3) is 0 Å². The van der Waals surface area contributed by atoms with Crippen molar-refractivity contribution >= 4 is 5.97 Å². The minimum Gasteiger partial charge on any atom is -0.469 e. The van der Waals surface area contributed by atoms with Crippen molar-refractivity contribution in [2.45, 2.75) is 13.3 Å². The molecule has 0 saturated carbocycles. The van der Waals surface area contributed by atoms with Gasteiger partial charge in [0.25, 0.3) is 0 Å². The van der Waals surface area contributed by atoms with E-state index in [-0.39, 0.29) is 12.4 Å². The van der Waals surface area contributed by atoms with E-state index < -0.39 is 0 Å². The molecular formula is C6H11NO2. The predicted molar refractivity (Wildman–Crippen MR) is 34.6 cm³/mol. The van der Waals surface area contributed by atoms with Crippen molar-refractivity contribution in [3.63, 3.8) is 0 Å². The van der Waals surface area contributed by atoms with E-state index in [4.69, 9.17) is 5.73 Å². The molecule has 0 saturated heterocycles. The number of esters is 1. The Morgan fingerprint density at radius 3 is 2.67 bits per heavy atom. The van der Waals surface area contributed by atoms with E-state index in [9.17, 15) is 4.79 Å². The molecule has 0 atom stereocenters. The van der Waals surface area contributed by atoms with Gasteiger partial charge in [0, 0.05) is 5.70 Å². The zero-order chi connectivity index (χ0) is 7.28. The van der Waals surface area contributed by atoms with Gasteiger partial charge in [0.15, 0.2) is 0 Å². The van der Waals surface area contributed by atoms with Crippen LogP contribution in [-0.2, 0) is 9.53 Å². The molecule has 0 aromatic heterocycles. The molecule has 0 aliphatic rings. The number of allylic oxidation sites excluding steroid dienone is 1. The number of hydrogen-bond donors (Lipinski definition) is 1. The number of hydrogen-bond acceptors (Lipinski definition) is 3. The van der Waals surface area contributed by atoms with E-state index in [1.807, 2.05) is 0 Å². The van der Waals surface area contributed by atoms with Crippen LogP contribution in [0.3, 0.4) is 0 Å². The summed E-state index contributed by atoms with van der Waals surface area (Å²) in [5.41, 5.74) is 5.89. The molecule has 2 N–H and O–H groups in total. The Kier molecular flexibility index (Phi) is 3.51. The minimum absolute atomic E-state index is 0.263. The fraction of sp³-hybridized carbons (Fsp3) is 0.500. The molecule has 0 unspecified atom stereocenters. The van der Waals surface area contributed by atoms with Gasteiger partial charge < -0.3 is 10.5 Å². The van der Waals surface area contributed by atoms with Crippen molar-refractivity contribution in [1.29, 1.82) is 0 Å². The molecular weight excluding hydrogens is 118 g/mol. The summed E-state index contributed by atoms with van der Waals surface area (Å²) in [5.74, 6) is -0.264. The highest BCUT2D eigenvalue weighted by atomic mass is 16.5. The molecule has 0 spiro atoms. The molecule has 0 aliphatic heterocycles. The first-order valence-electron chi connectivity index (χ1n) is 2.66. The highest BCUT2D eigenvalue weighted by Crippen LogP contribution is 1.88. The van der Waals surface area contributed by atoms with Crippen LogP contribution in [0.4, 0.5) is 0 Å². The Hall–Kier alpha value is -0.990. The summed E-state index contributed by atoms with van der Waals surface area (Å²) in [5, 5.41) is 0. The lowest BCUT2D eigenvalue weighted by atomic mass is 10.3. The summed E-state index contributed by atoms with van der Waals surface area (Å²) in [6.07, 6.45) is 1.88. The highest BCUT2D eigenvalue weighted by molar-refractivity contribution is 5.70. The van der Waals surface area contributed by atoms with Crippen molar-refractivity contribution in [2.75, 3.05) is 7.11 Å². The van der Waals surface area contributed by atoms with Crippen LogP contribution in [0.1, 0.15) is 13.3 Å². The molecule has 3 heteroatoms. The molecule has 3 nitrogen and oxygen atoms in total. The second-order valence-corrected chi connectivity index (χ2v) is 1.73. The van der Waals surface area contributed by atoms with Crippen molar-refractivity contribution in [1.82, 2.24) is 0 Å². The smallest absolute Gasteiger partial charge is 0.309 e. The summed E-state index contributed by atoms with van der Waals surface area (Å²) in [6, 6.07) is 0. The van der Waals surface area contributed by atoms with E-state index in [0.29, 0.717) is 5.70 Å². The number of rotatable bonds is 2. The Bertz CT molecular complexity index is 125. The summed E-state index contributed by atoms with van der Waals surface area (Å²) >= 11 is 0. The second-order valence-electron chi connectivity index (χ2n) is 1.73. The molecule has 52 valence electrons. The molecule has 0 bridgehead atoms. The Morgan fingerprint density at radius 1 is 1.78 bits per heavy atom. The van der Waals surface area contributed by atoms with Crippen LogP contribution in [-0.4, -0.2) is 13.1 Å². The fourth-order valence-corrected chi connectivity index (χ4v) is 0.328. The second kappa shape index (κ2) is 3.95. The normalized spacial score (nSPS) is 11.1. The van der Waals surface area contributed by atoms with E-state index in [0.717, 1.165) is 0 Å². The minimum atomic E-state index is -0.264. The van der Waals surface area contributed by atoms with Gasteiger partial charge in [-0.2, -0.15) is 0 Å². The van der Waals surface area contributed by atoms with Crippen LogP contribution in [0.15, 0.2) is 11.8 Å². The molecule has 0 amide bonds. The summed E-state index contributed by atoms with van der Waals surface area (Å²) in [6.45, 7) is 1.73. The fourth-order valence-electron chi connectivity index (χ4n) is 0.328. The third-order valence-electron chi connectivity index (χ3n) is 0.818. The van der Waals surface area contributed by atoms with Crippen LogP contribution >= 0.6 is 0 Å². The maximum absolute atomic E-state index is 10.4. The molecule has 0 aromatic carbocycles. The zero-order valence-electron chi connectivity index (χ0n) is 5.68. The first-order chi connectivity index (χ1) is 4.16. The zero-order valence-corrected chi connectivity index (χ0v) is 5.68. The Morgan fingerprint density at radius 2 is 2.33 bits per heavy atom. The van der Waals surface area contributed by atoms with Gasteiger partial charge in [-0.25, -0.2) is 0 Å². The molecule has 0 aliphatic carbocycles. The van der Waals surface area contributed by atoms with Gasteiger partial charge in [-0.05, 0) is 6.92 Å². The number of methoxy groups -OCH3 is 1.